The number of halogens is 1. The van der Waals surface area contributed by atoms with Crippen molar-refractivity contribution in [2.24, 2.45) is 11.8 Å². The van der Waals surface area contributed by atoms with Gasteiger partial charge in [0.2, 0.25) is 0 Å². The van der Waals surface area contributed by atoms with E-state index in [1.54, 1.807) is 6.92 Å². The molecule has 12 heavy (non-hydrogen) atoms. The Bertz CT molecular complexity index is 176. The third kappa shape index (κ3) is 2.29. The third-order valence-electron chi connectivity index (χ3n) is 2.56. The molecule has 0 aromatic rings. The van der Waals surface area contributed by atoms with Crippen LogP contribution >= 0.6 is 0 Å². The zero-order chi connectivity index (χ0) is 9.35. The first-order valence-electron chi connectivity index (χ1n) is 4.62. The Labute approximate surface area is 73.3 Å². The van der Waals surface area contributed by atoms with Crippen LogP contribution in [0.3, 0.4) is 0 Å². The quantitative estimate of drug-likeness (QED) is 0.639. The number of hydrogen-bond acceptors (Lipinski definition) is 1. The predicted octanol–water partition coefficient (Wildman–Crippen LogP) is 2.74. The molecule has 1 nitrogen and oxygen atoms in total. The van der Waals surface area contributed by atoms with Crippen LogP contribution in [0.1, 0.15) is 40.0 Å². The maximum Gasteiger partial charge on any atom is 0.135 e. The lowest BCUT2D eigenvalue weighted by molar-refractivity contribution is -0.124. The highest BCUT2D eigenvalue weighted by Gasteiger charge is 2.41. The smallest absolute Gasteiger partial charge is 0.135 e. The Morgan fingerprint density at radius 1 is 1.58 bits per heavy atom. The fourth-order valence-corrected chi connectivity index (χ4v) is 1.81. The molecule has 0 N–H and O–H groups in total. The first-order chi connectivity index (χ1) is 5.41. The van der Waals surface area contributed by atoms with Gasteiger partial charge in [0, 0.05) is 12.3 Å². The summed E-state index contributed by atoms with van der Waals surface area (Å²) < 4.78 is 13.0. The van der Waals surface area contributed by atoms with Crippen LogP contribution in [0.5, 0.6) is 0 Å². The van der Waals surface area contributed by atoms with Crippen molar-refractivity contribution in [1.82, 2.24) is 0 Å². The van der Waals surface area contributed by atoms with Gasteiger partial charge < -0.3 is 0 Å². The Morgan fingerprint density at radius 3 is 2.42 bits per heavy atom. The zero-order valence-corrected chi connectivity index (χ0v) is 8.06. The lowest BCUT2D eigenvalue weighted by Gasteiger charge is -2.38. The summed E-state index contributed by atoms with van der Waals surface area (Å²) in [5.41, 5.74) is -0.984. The van der Waals surface area contributed by atoms with E-state index < -0.39 is 5.67 Å². The van der Waals surface area contributed by atoms with Crippen LogP contribution in [0.4, 0.5) is 4.39 Å². The predicted molar refractivity (Wildman–Crippen MR) is 46.7 cm³/mol. The molecule has 0 aliphatic heterocycles. The fraction of sp³-hybridized carbons (Fsp3) is 0.900. The second kappa shape index (κ2) is 3.15. The van der Waals surface area contributed by atoms with E-state index in [1.807, 2.05) is 13.8 Å². The largest absolute Gasteiger partial charge is 0.299 e. The SMILES string of the molecule is CC(C)C(=O)CC1CC(C)(F)C1. The molecule has 0 radical (unpaired) electrons. The van der Waals surface area contributed by atoms with Gasteiger partial charge in [-0.3, -0.25) is 4.79 Å². The highest BCUT2D eigenvalue weighted by atomic mass is 19.1. The average molecular weight is 172 g/mol. The van der Waals surface area contributed by atoms with Crippen molar-refractivity contribution < 1.29 is 9.18 Å². The molecule has 0 amide bonds. The van der Waals surface area contributed by atoms with Crippen LogP contribution < -0.4 is 0 Å². The van der Waals surface area contributed by atoms with Crippen molar-refractivity contribution >= 4 is 5.78 Å². The highest BCUT2D eigenvalue weighted by Crippen LogP contribution is 2.42. The Balaban J connectivity index is 2.23. The van der Waals surface area contributed by atoms with Crippen LogP contribution in [0.15, 0.2) is 0 Å². The normalized spacial score (nSPS) is 34.9. The topological polar surface area (TPSA) is 17.1 Å². The molecule has 0 aromatic carbocycles. The number of hydrogen-bond donors (Lipinski definition) is 0. The van der Waals surface area contributed by atoms with E-state index in [0.29, 0.717) is 25.2 Å². The standard InChI is InChI=1S/C10H17FO/c1-7(2)9(12)4-8-5-10(3,11)6-8/h7-8H,4-6H2,1-3H3. The summed E-state index contributed by atoms with van der Waals surface area (Å²) >= 11 is 0. The van der Waals surface area contributed by atoms with Gasteiger partial charge in [0.1, 0.15) is 11.5 Å². The third-order valence-corrected chi connectivity index (χ3v) is 2.56. The van der Waals surface area contributed by atoms with E-state index in [9.17, 15) is 9.18 Å². The Kier molecular flexibility index (Phi) is 2.55. The van der Waals surface area contributed by atoms with Crippen molar-refractivity contribution in [3.63, 3.8) is 0 Å². The first kappa shape index (κ1) is 9.69. The van der Waals surface area contributed by atoms with Crippen molar-refractivity contribution in [2.75, 3.05) is 0 Å². The lowest BCUT2D eigenvalue weighted by Crippen LogP contribution is -2.38. The second-order valence-corrected chi connectivity index (χ2v) is 4.51. The highest BCUT2D eigenvalue weighted by molar-refractivity contribution is 5.80. The summed E-state index contributed by atoms with van der Waals surface area (Å²) in [6, 6.07) is 0. The molecular weight excluding hydrogens is 155 g/mol. The Hall–Kier alpha value is -0.400. The van der Waals surface area contributed by atoms with Crippen molar-refractivity contribution in [1.29, 1.82) is 0 Å². The summed E-state index contributed by atoms with van der Waals surface area (Å²) in [5, 5.41) is 0. The van der Waals surface area contributed by atoms with Gasteiger partial charge in [-0.25, -0.2) is 4.39 Å². The summed E-state index contributed by atoms with van der Waals surface area (Å²) in [7, 11) is 0. The minimum absolute atomic E-state index is 0.108. The molecule has 0 bridgehead atoms. The van der Waals surface area contributed by atoms with Gasteiger partial charge >= 0.3 is 0 Å². The number of ketones is 1. The minimum atomic E-state index is -0.984. The second-order valence-electron chi connectivity index (χ2n) is 4.51. The van der Waals surface area contributed by atoms with Gasteiger partial charge in [0.25, 0.3) is 0 Å². The van der Waals surface area contributed by atoms with E-state index >= 15 is 0 Å². The lowest BCUT2D eigenvalue weighted by atomic mass is 9.71. The van der Waals surface area contributed by atoms with E-state index in [-0.39, 0.29) is 11.7 Å². The molecule has 1 rings (SSSR count). The molecule has 0 heterocycles. The molecule has 0 spiro atoms. The molecule has 70 valence electrons. The summed E-state index contributed by atoms with van der Waals surface area (Å²) in [4.78, 5) is 11.2. The summed E-state index contributed by atoms with van der Waals surface area (Å²) in [6.45, 7) is 5.41. The maximum absolute atomic E-state index is 13.0. The molecule has 1 saturated carbocycles. The van der Waals surface area contributed by atoms with Gasteiger partial charge in [-0.2, -0.15) is 0 Å². The van der Waals surface area contributed by atoms with Crippen LogP contribution in [-0.4, -0.2) is 11.5 Å². The molecule has 0 unspecified atom stereocenters. The first-order valence-corrected chi connectivity index (χ1v) is 4.62. The average Bonchev–Trinajstić information content (AvgIpc) is 1.83. The van der Waals surface area contributed by atoms with Crippen molar-refractivity contribution in [2.45, 2.75) is 45.7 Å². The van der Waals surface area contributed by atoms with E-state index in [2.05, 4.69) is 0 Å². The van der Waals surface area contributed by atoms with Gasteiger partial charge in [-0.1, -0.05) is 13.8 Å². The molecule has 0 saturated heterocycles. The van der Waals surface area contributed by atoms with Gasteiger partial charge in [-0.15, -0.1) is 0 Å². The molecule has 1 aliphatic rings. The molecule has 0 atom stereocenters. The van der Waals surface area contributed by atoms with Gasteiger partial charge in [0.15, 0.2) is 0 Å². The van der Waals surface area contributed by atoms with Gasteiger partial charge in [0.05, 0.1) is 0 Å². The molecule has 2 heteroatoms. The maximum atomic E-state index is 13.0. The molecule has 1 fully saturated rings. The fourth-order valence-electron chi connectivity index (χ4n) is 1.81. The molecular formula is C10H17FO. The van der Waals surface area contributed by atoms with Crippen LogP contribution in [0, 0.1) is 11.8 Å². The number of Topliss-reactive ketones (excluding diaryl/α,β-unsaturated/α-hetero) is 1. The summed E-state index contributed by atoms with van der Waals surface area (Å²) in [5.74, 6) is 0.696. The monoisotopic (exact) mass is 172 g/mol. The number of carbonyl (C=O) groups is 1. The zero-order valence-electron chi connectivity index (χ0n) is 8.06. The van der Waals surface area contributed by atoms with E-state index in [4.69, 9.17) is 0 Å². The van der Waals surface area contributed by atoms with Crippen molar-refractivity contribution in [3.8, 4) is 0 Å². The van der Waals surface area contributed by atoms with Gasteiger partial charge in [-0.05, 0) is 25.7 Å². The van der Waals surface area contributed by atoms with E-state index in [0.717, 1.165) is 0 Å². The Morgan fingerprint density at radius 2 is 2.08 bits per heavy atom. The van der Waals surface area contributed by atoms with E-state index in [1.165, 1.54) is 0 Å². The number of carbonyl (C=O) groups excluding carboxylic acids is 1. The summed E-state index contributed by atoms with van der Waals surface area (Å²) in [6.07, 6.45) is 1.73. The molecule has 0 aromatic heterocycles. The van der Waals surface area contributed by atoms with Crippen LogP contribution in [0.25, 0.3) is 0 Å². The number of rotatable bonds is 3. The van der Waals surface area contributed by atoms with Crippen LogP contribution in [0.2, 0.25) is 0 Å². The van der Waals surface area contributed by atoms with Crippen molar-refractivity contribution in [3.05, 3.63) is 0 Å². The van der Waals surface area contributed by atoms with Crippen LogP contribution in [-0.2, 0) is 4.79 Å². The minimum Gasteiger partial charge on any atom is -0.299 e. The number of alkyl halides is 1. The molecule has 1 aliphatic carbocycles.